The lowest BCUT2D eigenvalue weighted by Crippen LogP contribution is -2.30. The van der Waals surface area contributed by atoms with Gasteiger partial charge in [0, 0.05) is 11.4 Å². The second-order valence-corrected chi connectivity index (χ2v) is 7.72. The van der Waals surface area contributed by atoms with Crippen LogP contribution in [0.4, 0.5) is 0 Å². The minimum atomic E-state index is -0.205. The van der Waals surface area contributed by atoms with Crippen molar-refractivity contribution < 1.29 is 19.0 Å². The van der Waals surface area contributed by atoms with Crippen molar-refractivity contribution in [2.45, 2.75) is 43.6 Å². The smallest absolute Gasteiger partial charge is 0.233 e. The monoisotopic (exact) mass is 389 g/mol. The Morgan fingerprint density at radius 2 is 1.70 bits per heavy atom. The molecule has 0 bridgehead atoms. The van der Waals surface area contributed by atoms with Crippen molar-refractivity contribution in [2.24, 2.45) is 0 Å². The van der Waals surface area contributed by atoms with Gasteiger partial charge in [-0.1, -0.05) is 6.07 Å². The van der Waals surface area contributed by atoms with E-state index in [0.717, 1.165) is 16.2 Å². The number of amides is 1. The van der Waals surface area contributed by atoms with E-state index < -0.39 is 0 Å². The Bertz CT molecular complexity index is 746. The fourth-order valence-electron chi connectivity index (χ4n) is 2.42. The number of hydrogen-bond acceptors (Lipinski definition) is 5. The minimum absolute atomic E-state index is 0.0164. The second kappa shape index (κ2) is 10.1. The molecule has 1 atom stereocenters. The molecule has 1 unspecified atom stereocenters. The summed E-state index contributed by atoms with van der Waals surface area (Å²) in [4.78, 5) is 13.4. The zero-order chi connectivity index (χ0) is 19.8. The van der Waals surface area contributed by atoms with E-state index in [-0.39, 0.29) is 17.3 Å². The van der Waals surface area contributed by atoms with Crippen LogP contribution in [0.5, 0.6) is 17.2 Å². The van der Waals surface area contributed by atoms with E-state index in [0.29, 0.717) is 18.0 Å². The van der Waals surface area contributed by atoms with Gasteiger partial charge in [0.1, 0.15) is 5.75 Å². The molecule has 0 aromatic heterocycles. The van der Waals surface area contributed by atoms with Crippen molar-refractivity contribution in [3.8, 4) is 17.2 Å². The Balaban J connectivity index is 1.91. The van der Waals surface area contributed by atoms with E-state index in [4.69, 9.17) is 14.2 Å². The molecule has 0 fully saturated rings. The largest absolute Gasteiger partial charge is 0.497 e. The van der Waals surface area contributed by atoms with Crippen LogP contribution < -0.4 is 19.5 Å². The highest BCUT2D eigenvalue weighted by Crippen LogP contribution is 2.29. The highest BCUT2D eigenvalue weighted by Gasteiger charge is 2.15. The molecule has 0 aliphatic rings. The molecule has 1 amide bonds. The Hall–Kier alpha value is -2.34. The summed E-state index contributed by atoms with van der Waals surface area (Å²) in [6, 6.07) is 13.4. The van der Waals surface area contributed by atoms with Crippen LogP contribution in [0.2, 0.25) is 0 Å². The molecule has 0 aliphatic heterocycles. The van der Waals surface area contributed by atoms with Crippen LogP contribution in [-0.2, 0) is 11.3 Å². The summed E-state index contributed by atoms with van der Waals surface area (Å²) in [5.41, 5.74) is 0.956. The number of rotatable bonds is 9. The summed E-state index contributed by atoms with van der Waals surface area (Å²) in [5, 5.41) is 2.77. The average molecular weight is 390 g/mol. The topological polar surface area (TPSA) is 56.8 Å². The van der Waals surface area contributed by atoms with Crippen molar-refractivity contribution in [1.29, 1.82) is 0 Å². The van der Waals surface area contributed by atoms with Gasteiger partial charge >= 0.3 is 0 Å². The number of methoxy groups -OCH3 is 2. The van der Waals surface area contributed by atoms with Gasteiger partial charge in [0.05, 0.1) is 25.6 Å². The molecule has 27 heavy (non-hydrogen) atoms. The van der Waals surface area contributed by atoms with E-state index in [1.165, 1.54) is 11.8 Å². The molecule has 0 aliphatic carbocycles. The molecular formula is C21H27NO4S. The van der Waals surface area contributed by atoms with Crippen LogP contribution in [0.15, 0.2) is 47.4 Å². The molecule has 146 valence electrons. The quantitative estimate of drug-likeness (QED) is 0.649. The van der Waals surface area contributed by atoms with E-state index >= 15 is 0 Å². The molecule has 2 rings (SSSR count). The van der Waals surface area contributed by atoms with Crippen LogP contribution >= 0.6 is 11.8 Å². The SMILES string of the molecule is COc1ccc(SC(C)C(=O)NCc2ccc(OC(C)C)c(OC)c2)cc1. The lowest BCUT2D eigenvalue weighted by molar-refractivity contribution is -0.120. The fraction of sp³-hybridized carbons (Fsp3) is 0.381. The first kappa shape index (κ1) is 21.0. The number of hydrogen-bond donors (Lipinski definition) is 1. The van der Waals surface area contributed by atoms with E-state index in [2.05, 4.69) is 5.32 Å². The van der Waals surface area contributed by atoms with Crippen LogP contribution in [-0.4, -0.2) is 31.5 Å². The normalized spacial score (nSPS) is 11.8. The zero-order valence-corrected chi connectivity index (χ0v) is 17.3. The third kappa shape index (κ3) is 6.40. The van der Waals surface area contributed by atoms with Crippen molar-refractivity contribution in [3.05, 3.63) is 48.0 Å². The van der Waals surface area contributed by atoms with Crippen molar-refractivity contribution in [1.82, 2.24) is 5.32 Å². The molecule has 0 spiro atoms. The molecule has 0 radical (unpaired) electrons. The summed E-state index contributed by atoms with van der Waals surface area (Å²) < 4.78 is 16.3. The molecule has 0 heterocycles. The molecular weight excluding hydrogens is 362 g/mol. The molecule has 2 aromatic carbocycles. The van der Waals surface area contributed by atoms with E-state index in [9.17, 15) is 4.79 Å². The number of ether oxygens (including phenoxy) is 3. The van der Waals surface area contributed by atoms with E-state index in [1.54, 1.807) is 14.2 Å². The Labute approximate surface area is 165 Å². The van der Waals surface area contributed by atoms with Gasteiger partial charge in [-0.3, -0.25) is 4.79 Å². The maximum absolute atomic E-state index is 12.4. The predicted octanol–water partition coefficient (Wildman–Crippen LogP) is 4.29. The fourth-order valence-corrected chi connectivity index (χ4v) is 3.31. The standard InChI is InChI=1S/C21H27NO4S/c1-14(2)26-19-11-6-16(12-20(19)25-5)13-22-21(23)15(3)27-18-9-7-17(24-4)8-10-18/h6-12,14-15H,13H2,1-5H3,(H,22,23). The molecule has 0 saturated heterocycles. The van der Waals surface area contributed by atoms with Gasteiger partial charge < -0.3 is 19.5 Å². The van der Waals surface area contributed by atoms with Crippen molar-refractivity contribution in [2.75, 3.05) is 14.2 Å². The van der Waals surface area contributed by atoms with Gasteiger partial charge in [0.2, 0.25) is 5.91 Å². The van der Waals surface area contributed by atoms with Gasteiger partial charge in [-0.25, -0.2) is 0 Å². The molecule has 5 nitrogen and oxygen atoms in total. The lowest BCUT2D eigenvalue weighted by atomic mass is 10.2. The summed E-state index contributed by atoms with van der Waals surface area (Å²) in [6.45, 7) is 6.26. The number of carbonyl (C=O) groups is 1. The molecule has 6 heteroatoms. The van der Waals surface area contributed by atoms with Gasteiger partial charge in [0.25, 0.3) is 0 Å². The van der Waals surface area contributed by atoms with Crippen LogP contribution in [0, 0.1) is 0 Å². The Morgan fingerprint density at radius 3 is 2.30 bits per heavy atom. The maximum atomic E-state index is 12.4. The second-order valence-electron chi connectivity index (χ2n) is 6.31. The number of thioether (sulfide) groups is 1. The van der Waals surface area contributed by atoms with Gasteiger partial charge in [-0.15, -0.1) is 11.8 Å². The molecule has 2 aromatic rings. The third-order valence-electron chi connectivity index (χ3n) is 3.80. The first-order chi connectivity index (χ1) is 12.9. The number of benzene rings is 2. The van der Waals surface area contributed by atoms with Crippen molar-refractivity contribution in [3.63, 3.8) is 0 Å². The predicted molar refractivity (Wildman–Crippen MR) is 109 cm³/mol. The summed E-state index contributed by atoms with van der Waals surface area (Å²) in [7, 11) is 3.24. The number of carbonyl (C=O) groups excluding carboxylic acids is 1. The highest BCUT2D eigenvalue weighted by molar-refractivity contribution is 8.00. The van der Waals surface area contributed by atoms with Crippen LogP contribution in [0.25, 0.3) is 0 Å². The molecule has 1 N–H and O–H groups in total. The van der Waals surface area contributed by atoms with Crippen LogP contribution in [0.1, 0.15) is 26.3 Å². The van der Waals surface area contributed by atoms with Crippen LogP contribution in [0.3, 0.4) is 0 Å². The third-order valence-corrected chi connectivity index (χ3v) is 4.91. The van der Waals surface area contributed by atoms with Gasteiger partial charge in [-0.05, 0) is 62.7 Å². The maximum Gasteiger partial charge on any atom is 0.233 e. The van der Waals surface area contributed by atoms with E-state index in [1.807, 2.05) is 63.2 Å². The van der Waals surface area contributed by atoms with Gasteiger partial charge in [0.15, 0.2) is 11.5 Å². The Kier molecular flexibility index (Phi) is 7.85. The lowest BCUT2D eigenvalue weighted by Gasteiger charge is -2.15. The summed E-state index contributed by atoms with van der Waals surface area (Å²) >= 11 is 1.51. The Morgan fingerprint density at radius 1 is 1.00 bits per heavy atom. The van der Waals surface area contributed by atoms with Gasteiger partial charge in [-0.2, -0.15) is 0 Å². The zero-order valence-electron chi connectivity index (χ0n) is 16.4. The number of nitrogens with one attached hydrogen (secondary N) is 1. The molecule has 0 saturated carbocycles. The first-order valence-electron chi connectivity index (χ1n) is 8.85. The highest BCUT2D eigenvalue weighted by atomic mass is 32.2. The average Bonchev–Trinajstić information content (AvgIpc) is 2.67. The minimum Gasteiger partial charge on any atom is -0.497 e. The summed E-state index contributed by atoms with van der Waals surface area (Å²) in [6.07, 6.45) is 0.0697. The first-order valence-corrected chi connectivity index (χ1v) is 9.73. The van der Waals surface area contributed by atoms with Crippen molar-refractivity contribution >= 4 is 17.7 Å². The summed E-state index contributed by atoms with van der Waals surface area (Å²) in [5.74, 6) is 2.15.